The van der Waals surface area contributed by atoms with Gasteiger partial charge in [0.25, 0.3) is 0 Å². The number of carbonyl (C=O) groups excluding carboxylic acids is 1. The van der Waals surface area contributed by atoms with Gasteiger partial charge in [0, 0.05) is 19.2 Å². The van der Waals surface area contributed by atoms with Crippen molar-refractivity contribution in [3.63, 3.8) is 0 Å². The molecule has 1 atom stereocenters. The predicted octanol–water partition coefficient (Wildman–Crippen LogP) is 1.86. The lowest BCUT2D eigenvalue weighted by molar-refractivity contribution is -0.133. The minimum Gasteiger partial charge on any atom is -0.360 e. The molecule has 0 spiro atoms. The van der Waals surface area contributed by atoms with Crippen LogP contribution in [0.3, 0.4) is 0 Å². The molecule has 1 aromatic rings. The third kappa shape index (κ3) is 4.06. The Balaban J connectivity index is 1.81. The molecule has 1 fully saturated rings. The van der Waals surface area contributed by atoms with Gasteiger partial charge < -0.3 is 9.42 Å². The fraction of sp³-hybridized carbons (Fsp3) is 0.714. The molecule has 1 saturated heterocycles. The van der Waals surface area contributed by atoms with Crippen LogP contribution in [0.4, 0.5) is 0 Å². The highest BCUT2D eigenvalue weighted by atomic mass is 16.5. The van der Waals surface area contributed by atoms with Crippen LogP contribution in [-0.2, 0) is 11.3 Å². The SMILES string of the molecule is Cc1cc(CNC(C)C(=O)N2CCCCCC2)on1. The molecule has 0 saturated carbocycles. The van der Waals surface area contributed by atoms with Gasteiger partial charge in [-0.05, 0) is 26.7 Å². The summed E-state index contributed by atoms with van der Waals surface area (Å²) in [5, 5.41) is 7.04. The van der Waals surface area contributed by atoms with Gasteiger partial charge in [-0.2, -0.15) is 0 Å². The van der Waals surface area contributed by atoms with Gasteiger partial charge in [-0.15, -0.1) is 0 Å². The Morgan fingerprint density at radius 1 is 1.42 bits per heavy atom. The average Bonchev–Trinajstić information content (AvgIpc) is 2.67. The normalized spacial score (nSPS) is 18.1. The zero-order valence-corrected chi connectivity index (χ0v) is 11.8. The first-order chi connectivity index (χ1) is 9.16. The standard InChI is InChI=1S/C14H23N3O2/c1-11-9-13(19-16-11)10-15-12(2)14(18)17-7-5-3-4-6-8-17/h9,12,15H,3-8,10H2,1-2H3. The Hall–Kier alpha value is -1.36. The summed E-state index contributed by atoms with van der Waals surface area (Å²) >= 11 is 0. The van der Waals surface area contributed by atoms with Crippen molar-refractivity contribution in [1.29, 1.82) is 0 Å². The Labute approximate surface area is 114 Å². The maximum Gasteiger partial charge on any atom is 0.239 e. The number of nitrogens with zero attached hydrogens (tertiary/aromatic N) is 2. The quantitative estimate of drug-likeness (QED) is 0.903. The summed E-state index contributed by atoms with van der Waals surface area (Å²) in [6.07, 6.45) is 4.73. The molecule has 5 heteroatoms. The van der Waals surface area contributed by atoms with E-state index in [1.807, 2.05) is 24.8 Å². The summed E-state index contributed by atoms with van der Waals surface area (Å²) in [6, 6.07) is 1.71. The number of carbonyl (C=O) groups is 1. The Morgan fingerprint density at radius 3 is 2.68 bits per heavy atom. The summed E-state index contributed by atoms with van der Waals surface area (Å²) in [6.45, 7) is 6.13. The van der Waals surface area contributed by atoms with Gasteiger partial charge in [-0.1, -0.05) is 18.0 Å². The van der Waals surface area contributed by atoms with Crippen LogP contribution in [0.15, 0.2) is 10.6 Å². The number of aromatic nitrogens is 1. The lowest BCUT2D eigenvalue weighted by atomic mass is 10.2. The second-order valence-corrected chi connectivity index (χ2v) is 5.28. The van der Waals surface area contributed by atoms with Gasteiger partial charge in [0.1, 0.15) is 0 Å². The van der Waals surface area contributed by atoms with Crippen molar-refractivity contribution in [3.05, 3.63) is 17.5 Å². The second kappa shape index (κ2) is 6.70. The minimum absolute atomic E-state index is 0.177. The number of likely N-dealkylation sites (tertiary alicyclic amines) is 1. The molecule has 106 valence electrons. The van der Waals surface area contributed by atoms with E-state index in [1.54, 1.807) is 0 Å². The van der Waals surface area contributed by atoms with E-state index in [2.05, 4.69) is 10.5 Å². The fourth-order valence-corrected chi connectivity index (χ4v) is 2.41. The zero-order valence-electron chi connectivity index (χ0n) is 11.8. The van der Waals surface area contributed by atoms with E-state index >= 15 is 0 Å². The topological polar surface area (TPSA) is 58.4 Å². The molecule has 1 unspecified atom stereocenters. The van der Waals surface area contributed by atoms with Crippen molar-refractivity contribution < 1.29 is 9.32 Å². The highest BCUT2D eigenvalue weighted by Gasteiger charge is 2.21. The molecule has 1 aliphatic rings. The third-order valence-corrected chi connectivity index (χ3v) is 3.55. The number of aryl methyl sites for hydroxylation is 1. The number of hydrogen-bond donors (Lipinski definition) is 1. The van der Waals surface area contributed by atoms with Crippen molar-refractivity contribution in [2.24, 2.45) is 0 Å². The van der Waals surface area contributed by atoms with Crippen LogP contribution < -0.4 is 5.32 Å². The minimum atomic E-state index is -0.177. The van der Waals surface area contributed by atoms with Crippen LogP contribution in [0.2, 0.25) is 0 Å². The summed E-state index contributed by atoms with van der Waals surface area (Å²) in [7, 11) is 0. The lowest BCUT2D eigenvalue weighted by Crippen LogP contribution is -2.44. The van der Waals surface area contributed by atoms with E-state index in [4.69, 9.17) is 4.52 Å². The first-order valence-electron chi connectivity index (χ1n) is 7.11. The smallest absolute Gasteiger partial charge is 0.239 e. The number of amides is 1. The molecular formula is C14H23N3O2. The molecule has 0 bridgehead atoms. The number of hydrogen-bond acceptors (Lipinski definition) is 4. The molecule has 0 aliphatic carbocycles. The summed E-state index contributed by atoms with van der Waals surface area (Å²) in [4.78, 5) is 14.3. The number of nitrogens with one attached hydrogen (secondary N) is 1. The molecule has 5 nitrogen and oxygen atoms in total. The van der Waals surface area contributed by atoms with E-state index in [0.29, 0.717) is 6.54 Å². The monoisotopic (exact) mass is 265 g/mol. The van der Waals surface area contributed by atoms with E-state index in [1.165, 1.54) is 12.8 Å². The van der Waals surface area contributed by atoms with Gasteiger partial charge in [0.15, 0.2) is 5.76 Å². The van der Waals surface area contributed by atoms with Crippen LogP contribution in [0, 0.1) is 6.92 Å². The fourth-order valence-electron chi connectivity index (χ4n) is 2.41. The van der Waals surface area contributed by atoms with Crippen molar-refractivity contribution in [2.75, 3.05) is 13.1 Å². The van der Waals surface area contributed by atoms with Crippen molar-refractivity contribution >= 4 is 5.91 Å². The van der Waals surface area contributed by atoms with Crippen LogP contribution in [0.5, 0.6) is 0 Å². The van der Waals surface area contributed by atoms with Crippen LogP contribution >= 0.6 is 0 Å². The Bertz CT molecular complexity index is 409. The summed E-state index contributed by atoms with van der Waals surface area (Å²) in [5.74, 6) is 0.964. The van der Waals surface area contributed by atoms with E-state index in [9.17, 15) is 4.79 Å². The predicted molar refractivity (Wildman–Crippen MR) is 72.6 cm³/mol. The molecule has 0 radical (unpaired) electrons. The molecule has 0 aromatic carbocycles. The Kier molecular flexibility index (Phi) is 4.96. The molecular weight excluding hydrogens is 242 g/mol. The largest absolute Gasteiger partial charge is 0.360 e. The van der Waals surface area contributed by atoms with Crippen molar-refractivity contribution in [2.45, 2.75) is 52.1 Å². The highest BCUT2D eigenvalue weighted by Crippen LogP contribution is 2.11. The molecule has 2 heterocycles. The summed E-state index contributed by atoms with van der Waals surface area (Å²) < 4.78 is 5.12. The first kappa shape index (κ1) is 14.1. The van der Waals surface area contributed by atoms with E-state index in [-0.39, 0.29) is 11.9 Å². The van der Waals surface area contributed by atoms with Crippen molar-refractivity contribution in [1.82, 2.24) is 15.4 Å². The van der Waals surface area contributed by atoms with Gasteiger partial charge in [-0.3, -0.25) is 10.1 Å². The lowest BCUT2D eigenvalue weighted by Gasteiger charge is -2.24. The molecule has 1 aromatic heterocycles. The molecule has 1 N–H and O–H groups in total. The molecule has 19 heavy (non-hydrogen) atoms. The van der Waals surface area contributed by atoms with Gasteiger partial charge >= 0.3 is 0 Å². The first-order valence-corrected chi connectivity index (χ1v) is 7.11. The van der Waals surface area contributed by atoms with Gasteiger partial charge in [-0.25, -0.2) is 0 Å². The van der Waals surface area contributed by atoms with Gasteiger partial charge in [0.2, 0.25) is 5.91 Å². The van der Waals surface area contributed by atoms with E-state index < -0.39 is 0 Å². The van der Waals surface area contributed by atoms with Crippen molar-refractivity contribution in [3.8, 4) is 0 Å². The highest BCUT2D eigenvalue weighted by molar-refractivity contribution is 5.81. The van der Waals surface area contributed by atoms with Crippen LogP contribution in [-0.4, -0.2) is 35.1 Å². The molecule has 1 aliphatic heterocycles. The van der Waals surface area contributed by atoms with E-state index in [0.717, 1.165) is 37.4 Å². The average molecular weight is 265 g/mol. The maximum absolute atomic E-state index is 12.3. The third-order valence-electron chi connectivity index (χ3n) is 3.55. The summed E-state index contributed by atoms with van der Waals surface area (Å²) in [5.41, 5.74) is 0.864. The zero-order chi connectivity index (χ0) is 13.7. The second-order valence-electron chi connectivity index (χ2n) is 5.28. The Morgan fingerprint density at radius 2 is 2.11 bits per heavy atom. The van der Waals surface area contributed by atoms with Crippen LogP contribution in [0.25, 0.3) is 0 Å². The van der Waals surface area contributed by atoms with Crippen LogP contribution in [0.1, 0.15) is 44.1 Å². The molecule has 1 amide bonds. The number of rotatable bonds is 4. The van der Waals surface area contributed by atoms with Gasteiger partial charge in [0.05, 0.1) is 18.3 Å². The maximum atomic E-state index is 12.3. The molecule has 2 rings (SSSR count).